The van der Waals surface area contributed by atoms with Crippen LogP contribution in [0.2, 0.25) is 0 Å². The van der Waals surface area contributed by atoms with Gasteiger partial charge < -0.3 is 9.77 Å². The van der Waals surface area contributed by atoms with E-state index in [-0.39, 0.29) is 5.78 Å². The lowest BCUT2D eigenvalue weighted by atomic mass is 9.92. The maximum atomic E-state index is 15.6. The first-order valence-corrected chi connectivity index (χ1v) is 16.0. The van der Waals surface area contributed by atoms with Crippen molar-refractivity contribution in [3.05, 3.63) is 194 Å². The van der Waals surface area contributed by atoms with Crippen LogP contribution in [0.1, 0.15) is 27.0 Å². The Bertz CT molecular complexity index is 2410. The third-order valence-corrected chi connectivity index (χ3v) is 9.03. The summed E-state index contributed by atoms with van der Waals surface area (Å²) >= 11 is 0. The molecule has 5 heterocycles. The molecule has 1 unspecified atom stereocenters. The number of aliphatic imine (C=N–C) groups is 2. The zero-order valence-electron chi connectivity index (χ0n) is 26.9. The van der Waals surface area contributed by atoms with Gasteiger partial charge in [0, 0.05) is 52.3 Å². The number of aromatic nitrogens is 1. The highest BCUT2D eigenvalue weighted by Crippen LogP contribution is 2.44. The molecule has 6 nitrogen and oxygen atoms in total. The standard InChI is InChI=1S/C42H32N4O2/c1-27-20-28(2)41(29(3)21-27)42(47)39-26-38-24-32-16-14-30(43-32)22-35-18-19-36(45(35)34-10-6-4-7-11-34)23-31-15-17-33(44-31)25-40(39)46(38,48)37-12-8-5-9-13-37/h4-26H,1-3H3. The van der Waals surface area contributed by atoms with E-state index in [9.17, 15) is 4.79 Å². The number of hydrogen-bond donors (Lipinski definition) is 0. The van der Waals surface area contributed by atoms with Gasteiger partial charge >= 0.3 is 0 Å². The molecular weight excluding hydrogens is 592 g/mol. The largest absolute Gasteiger partial charge is 0.616 e. The van der Waals surface area contributed by atoms with Gasteiger partial charge in [-0.2, -0.15) is 0 Å². The van der Waals surface area contributed by atoms with E-state index in [1.165, 1.54) is 0 Å². The van der Waals surface area contributed by atoms with Crippen molar-refractivity contribution in [3.8, 4) is 5.69 Å². The molecule has 8 bridgehead atoms. The minimum atomic E-state index is -0.957. The van der Waals surface area contributed by atoms with Crippen LogP contribution < -0.4 is 15.3 Å². The zero-order chi connectivity index (χ0) is 33.0. The molecule has 0 saturated carbocycles. The number of rotatable bonds is 4. The van der Waals surface area contributed by atoms with Crippen LogP contribution in [0.15, 0.2) is 166 Å². The van der Waals surface area contributed by atoms with Gasteiger partial charge in [-0.15, -0.1) is 0 Å². The second kappa shape index (κ2) is 11.4. The highest BCUT2D eigenvalue weighted by atomic mass is 16.5. The molecule has 48 heavy (non-hydrogen) atoms. The van der Waals surface area contributed by atoms with Gasteiger partial charge in [-0.1, -0.05) is 54.1 Å². The lowest BCUT2D eigenvalue weighted by Crippen LogP contribution is -2.38. The molecular formula is C42H32N4O2. The molecule has 1 atom stereocenters. The van der Waals surface area contributed by atoms with E-state index < -0.39 is 4.65 Å². The predicted molar refractivity (Wildman–Crippen MR) is 195 cm³/mol. The monoisotopic (exact) mass is 624 g/mol. The van der Waals surface area contributed by atoms with Crippen LogP contribution in [-0.2, 0) is 0 Å². The summed E-state index contributed by atoms with van der Waals surface area (Å²) in [7, 11) is 0. The van der Waals surface area contributed by atoms with Gasteiger partial charge in [0.05, 0.1) is 28.4 Å². The second-order valence-electron chi connectivity index (χ2n) is 12.4. The zero-order valence-corrected chi connectivity index (χ0v) is 26.9. The number of aryl methyl sites for hydroxylation is 3. The number of carbonyl (C=O) groups excluding carboxylic acids is 1. The number of hydroxylamine groups is 2. The van der Waals surface area contributed by atoms with Crippen LogP contribution in [0.25, 0.3) is 17.8 Å². The topological polar surface area (TPSA) is 69.8 Å². The summed E-state index contributed by atoms with van der Waals surface area (Å²) in [5.74, 6) is -0.192. The number of nitrogens with zero attached hydrogens (tertiary/aromatic N) is 4. The molecule has 8 rings (SSSR count). The predicted octanol–water partition coefficient (Wildman–Crippen LogP) is 7.31. The Labute approximate surface area is 278 Å². The highest BCUT2D eigenvalue weighted by Gasteiger charge is 2.41. The molecule has 0 fully saturated rings. The highest BCUT2D eigenvalue weighted by molar-refractivity contribution is 6.20. The van der Waals surface area contributed by atoms with E-state index in [0.29, 0.717) is 39.6 Å². The lowest BCUT2D eigenvalue weighted by molar-refractivity contribution is 0.103. The maximum Gasteiger partial charge on any atom is 0.199 e. The summed E-state index contributed by atoms with van der Waals surface area (Å²) in [5.41, 5.74) is 8.70. The number of Topliss-reactive ketones (excluding diaryl/α,β-unsaturated/α-hetero) is 1. The first-order valence-electron chi connectivity index (χ1n) is 16.0. The fourth-order valence-electron chi connectivity index (χ4n) is 6.98. The number of benzene rings is 3. The van der Waals surface area contributed by atoms with Gasteiger partial charge in [0.15, 0.2) is 11.5 Å². The molecule has 0 radical (unpaired) electrons. The van der Waals surface area contributed by atoms with E-state index in [2.05, 4.69) is 28.8 Å². The van der Waals surface area contributed by atoms with E-state index in [4.69, 9.17) is 9.98 Å². The Morgan fingerprint density at radius 1 is 0.667 bits per heavy atom. The van der Waals surface area contributed by atoms with Crippen molar-refractivity contribution in [1.29, 1.82) is 0 Å². The van der Waals surface area contributed by atoms with Crippen molar-refractivity contribution < 1.29 is 4.79 Å². The van der Waals surface area contributed by atoms with Crippen molar-refractivity contribution in [3.63, 3.8) is 0 Å². The molecule has 0 amide bonds. The smallest absolute Gasteiger partial charge is 0.199 e. The summed E-state index contributed by atoms with van der Waals surface area (Å²) in [4.78, 5) is 24.4. The fraction of sp³-hybridized carbons (Fsp3) is 0.0714. The fourth-order valence-corrected chi connectivity index (χ4v) is 6.98. The SMILES string of the molecule is Cc1cc(C)c(C(=O)C2=C3C=C4C=CC(=N4)C=c4ccc(n4-c4ccccc4)=CC4=NC(=CC(=C2)[N+]3([O-])c2ccccc2)C=C4)c(C)c1. The quantitative estimate of drug-likeness (QED) is 0.136. The average molecular weight is 625 g/mol. The molecule has 232 valence electrons. The van der Waals surface area contributed by atoms with Crippen molar-refractivity contribution in [2.24, 2.45) is 9.98 Å². The lowest BCUT2D eigenvalue weighted by Gasteiger charge is -2.40. The first-order chi connectivity index (χ1) is 23.3. The Morgan fingerprint density at radius 2 is 1.23 bits per heavy atom. The average Bonchev–Trinajstić information content (AvgIpc) is 3.86. The third-order valence-electron chi connectivity index (χ3n) is 9.03. The van der Waals surface area contributed by atoms with Gasteiger partial charge in [-0.3, -0.25) is 9.44 Å². The third kappa shape index (κ3) is 4.95. The van der Waals surface area contributed by atoms with E-state index in [1.54, 1.807) is 30.4 Å². The van der Waals surface area contributed by atoms with Gasteiger partial charge in [-0.05, 0) is 92.6 Å². The molecule has 3 aromatic carbocycles. The Morgan fingerprint density at radius 3 is 1.83 bits per heavy atom. The molecule has 4 aromatic rings. The summed E-state index contributed by atoms with van der Waals surface area (Å²) in [6.45, 7) is 5.92. The summed E-state index contributed by atoms with van der Waals surface area (Å²) in [6.07, 6.45) is 17.1. The summed E-state index contributed by atoms with van der Waals surface area (Å²) in [5, 5.41) is 17.5. The minimum absolute atomic E-state index is 0.192. The van der Waals surface area contributed by atoms with Crippen molar-refractivity contribution in [1.82, 2.24) is 9.21 Å². The summed E-state index contributed by atoms with van der Waals surface area (Å²) < 4.78 is 1.22. The molecule has 0 saturated heterocycles. The van der Waals surface area contributed by atoms with Crippen LogP contribution in [0, 0.1) is 26.0 Å². The Hall–Kier alpha value is -5.95. The van der Waals surface area contributed by atoms with Crippen LogP contribution in [0.3, 0.4) is 0 Å². The molecule has 0 N–H and O–H groups in total. The number of quaternary nitrogens is 1. The second-order valence-corrected chi connectivity index (χ2v) is 12.4. The Balaban J connectivity index is 1.41. The maximum absolute atomic E-state index is 15.6. The molecule has 4 aliphatic rings. The number of carbonyl (C=O) groups is 1. The van der Waals surface area contributed by atoms with E-state index in [1.807, 2.05) is 106 Å². The van der Waals surface area contributed by atoms with Gasteiger partial charge in [-0.25, -0.2) is 9.98 Å². The van der Waals surface area contributed by atoms with Crippen molar-refractivity contribution >= 4 is 35.0 Å². The van der Waals surface area contributed by atoms with Crippen molar-refractivity contribution in [2.75, 3.05) is 0 Å². The molecule has 0 aliphatic carbocycles. The van der Waals surface area contributed by atoms with Crippen molar-refractivity contribution in [2.45, 2.75) is 20.8 Å². The number of hydrogen-bond acceptors (Lipinski definition) is 4. The van der Waals surface area contributed by atoms with Crippen LogP contribution in [0.5, 0.6) is 0 Å². The Kier molecular flexibility index (Phi) is 6.99. The van der Waals surface area contributed by atoms with E-state index >= 15 is 5.21 Å². The van der Waals surface area contributed by atoms with Crippen LogP contribution in [-0.4, -0.2) is 21.8 Å². The molecule has 4 aliphatic heterocycles. The van der Waals surface area contributed by atoms with Gasteiger partial charge in [0.1, 0.15) is 11.4 Å². The number of ketones is 1. The van der Waals surface area contributed by atoms with Gasteiger partial charge in [0.2, 0.25) is 0 Å². The molecule has 1 aromatic heterocycles. The molecule has 6 heteroatoms. The number of allylic oxidation sites excluding steroid dienone is 8. The number of para-hydroxylation sites is 2. The number of fused-ring (bicyclic) bond motifs is 6. The van der Waals surface area contributed by atoms with Crippen LogP contribution in [0.4, 0.5) is 5.69 Å². The van der Waals surface area contributed by atoms with E-state index in [0.717, 1.165) is 44.5 Å². The van der Waals surface area contributed by atoms with Gasteiger partial charge in [0.25, 0.3) is 0 Å². The minimum Gasteiger partial charge on any atom is -0.616 e. The summed E-state index contributed by atoms with van der Waals surface area (Å²) in [6, 6.07) is 27.5. The molecule has 0 spiro atoms. The first kappa shape index (κ1) is 29.5. The normalized spacial score (nSPS) is 19.3. The van der Waals surface area contributed by atoms with Crippen LogP contribution >= 0.6 is 0 Å².